The first-order valence-corrected chi connectivity index (χ1v) is 8.88. The Kier molecular flexibility index (Phi) is 3.26. The molecule has 4 aromatic carbocycles. The lowest BCUT2D eigenvalue weighted by molar-refractivity contribution is 1.20. The summed E-state index contributed by atoms with van der Waals surface area (Å²) in [4.78, 5) is 10.1. The Morgan fingerprint density at radius 3 is 2.08 bits per heavy atom. The standard InChI is InChI=1S/C24H18N2/c1-15-9-8-14-19-18-12-6-7-13-20(18)23-24(21(15)19)25-16(2)22(26-23)17-10-4-3-5-11-17/h3-14H,1-2H3. The molecule has 0 spiro atoms. The van der Waals surface area contributed by atoms with Gasteiger partial charge in [0.2, 0.25) is 0 Å². The second-order valence-corrected chi connectivity index (χ2v) is 6.76. The molecule has 0 bridgehead atoms. The summed E-state index contributed by atoms with van der Waals surface area (Å²) in [6, 6.07) is 25.3. The third-order valence-electron chi connectivity index (χ3n) is 5.10. The fraction of sp³-hybridized carbons (Fsp3) is 0.0833. The first kappa shape index (κ1) is 15.0. The summed E-state index contributed by atoms with van der Waals surface area (Å²) >= 11 is 0. The molecule has 5 rings (SSSR count). The van der Waals surface area contributed by atoms with Crippen molar-refractivity contribution < 1.29 is 0 Å². The minimum absolute atomic E-state index is 0.955. The normalized spacial score (nSPS) is 11.5. The van der Waals surface area contributed by atoms with Gasteiger partial charge in [0.25, 0.3) is 0 Å². The Labute approximate surface area is 152 Å². The number of aryl methyl sites for hydroxylation is 2. The fourth-order valence-electron chi connectivity index (χ4n) is 3.88. The van der Waals surface area contributed by atoms with Crippen LogP contribution < -0.4 is 0 Å². The number of aromatic nitrogens is 2. The van der Waals surface area contributed by atoms with Crippen LogP contribution in [0.4, 0.5) is 0 Å². The van der Waals surface area contributed by atoms with Gasteiger partial charge in [-0.05, 0) is 30.2 Å². The molecule has 124 valence electrons. The predicted molar refractivity (Wildman–Crippen MR) is 109 cm³/mol. The number of nitrogens with zero attached hydrogens (tertiary/aromatic N) is 2. The fourth-order valence-corrected chi connectivity index (χ4v) is 3.88. The molecule has 0 saturated carbocycles. The molecule has 0 amide bonds. The molecule has 26 heavy (non-hydrogen) atoms. The van der Waals surface area contributed by atoms with Crippen molar-refractivity contribution in [2.75, 3.05) is 0 Å². The Hall–Kier alpha value is -3.26. The zero-order valence-corrected chi connectivity index (χ0v) is 14.8. The van der Waals surface area contributed by atoms with Gasteiger partial charge in [0, 0.05) is 16.3 Å². The van der Waals surface area contributed by atoms with E-state index < -0.39 is 0 Å². The molecule has 0 fully saturated rings. The lowest BCUT2D eigenvalue weighted by atomic mass is 9.96. The Morgan fingerprint density at radius 1 is 0.577 bits per heavy atom. The smallest absolute Gasteiger partial charge is 0.0979 e. The van der Waals surface area contributed by atoms with Gasteiger partial charge in [0.1, 0.15) is 0 Å². The molecule has 0 aliphatic carbocycles. The van der Waals surface area contributed by atoms with Gasteiger partial charge in [-0.2, -0.15) is 0 Å². The van der Waals surface area contributed by atoms with E-state index in [1.54, 1.807) is 0 Å². The maximum absolute atomic E-state index is 5.10. The van der Waals surface area contributed by atoms with Crippen LogP contribution in [0, 0.1) is 13.8 Å². The summed E-state index contributed by atoms with van der Waals surface area (Å²) in [6.07, 6.45) is 0. The van der Waals surface area contributed by atoms with Crippen molar-refractivity contribution in [3.05, 3.63) is 84.1 Å². The molecule has 2 nitrogen and oxygen atoms in total. The molecular formula is C24H18N2. The van der Waals surface area contributed by atoms with Crippen molar-refractivity contribution in [2.45, 2.75) is 13.8 Å². The average Bonchev–Trinajstić information content (AvgIpc) is 2.68. The third-order valence-corrected chi connectivity index (χ3v) is 5.10. The van der Waals surface area contributed by atoms with Gasteiger partial charge in [0.05, 0.1) is 22.4 Å². The minimum Gasteiger partial charge on any atom is -0.249 e. The van der Waals surface area contributed by atoms with Crippen LogP contribution in [-0.2, 0) is 0 Å². The quantitative estimate of drug-likeness (QED) is 0.340. The molecule has 0 aliphatic rings. The Balaban J connectivity index is 2.03. The molecule has 0 saturated heterocycles. The second kappa shape index (κ2) is 5.63. The minimum atomic E-state index is 0.955. The Bertz CT molecular complexity index is 1290. The molecule has 0 N–H and O–H groups in total. The summed E-state index contributed by atoms with van der Waals surface area (Å²) in [7, 11) is 0. The van der Waals surface area contributed by atoms with E-state index in [2.05, 4.69) is 61.5 Å². The van der Waals surface area contributed by atoms with Crippen LogP contribution in [0.5, 0.6) is 0 Å². The van der Waals surface area contributed by atoms with Crippen LogP contribution in [0.2, 0.25) is 0 Å². The van der Waals surface area contributed by atoms with Crippen molar-refractivity contribution in [1.82, 2.24) is 9.97 Å². The van der Waals surface area contributed by atoms with E-state index in [4.69, 9.17) is 9.97 Å². The van der Waals surface area contributed by atoms with Gasteiger partial charge in [-0.15, -0.1) is 0 Å². The first-order chi connectivity index (χ1) is 12.7. The highest BCUT2D eigenvalue weighted by atomic mass is 14.8. The molecule has 5 aromatic rings. The molecule has 0 aliphatic heterocycles. The van der Waals surface area contributed by atoms with Crippen LogP contribution >= 0.6 is 0 Å². The summed E-state index contributed by atoms with van der Waals surface area (Å²) in [6.45, 7) is 4.20. The lowest BCUT2D eigenvalue weighted by Gasteiger charge is -2.13. The highest BCUT2D eigenvalue weighted by Gasteiger charge is 2.15. The summed E-state index contributed by atoms with van der Waals surface area (Å²) in [5.74, 6) is 0. The van der Waals surface area contributed by atoms with E-state index in [9.17, 15) is 0 Å². The van der Waals surface area contributed by atoms with Crippen LogP contribution in [0.1, 0.15) is 11.3 Å². The molecule has 0 unspecified atom stereocenters. The second-order valence-electron chi connectivity index (χ2n) is 6.76. The van der Waals surface area contributed by atoms with Gasteiger partial charge >= 0.3 is 0 Å². The van der Waals surface area contributed by atoms with Crippen molar-refractivity contribution in [3.8, 4) is 11.3 Å². The van der Waals surface area contributed by atoms with E-state index in [-0.39, 0.29) is 0 Å². The zero-order valence-electron chi connectivity index (χ0n) is 14.8. The highest BCUT2D eigenvalue weighted by molar-refractivity contribution is 6.24. The topological polar surface area (TPSA) is 25.8 Å². The van der Waals surface area contributed by atoms with Crippen LogP contribution in [-0.4, -0.2) is 9.97 Å². The molecule has 1 aromatic heterocycles. The van der Waals surface area contributed by atoms with Crippen LogP contribution in [0.3, 0.4) is 0 Å². The SMILES string of the molecule is Cc1nc2c(nc1-c1ccccc1)c1ccccc1c1cccc(C)c12. The van der Waals surface area contributed by atoms with Crippen molar-refractivity contribution in [2.24, 2.45) is 0 Å². The molecule has 2 heteroatoms. The molecular weight excluding hydrogens is 316 g/mol. The molecule has 1 heterocycles. The van der Waals surface area contributed by atoms with E-state index in [1.165, 1.54) is 21.7 Å². The number of fused-ring (bicyclic) bond motifs is 6. The summed E-state index contributed by atoms with van der Waals surface area (Å²) in [5.41, 5.74) is 6.23. The summed E-state index contributed by atoms with van der Waals surface area (Å²) < 4.78 is 0. The van der Waals surface area contributed by atoms with Gasteiger partial charge in [0.15, 0.2) is 0 Å². The molecule has 0 radical (unpaired) electrons. The van der Waals surface area contributed by atoms with E-state index in [0.29, 0.717) is 0 Å². The highest BCUT2D eigenvalue weighted by Crippen LogP contribution is 2.36. The Morgan fingerprint density at radius 2 is 1.27 bits per heavy atom. The van der Waals surface area contributed by atoms with E-state index in [0.717, 1.165) is 33.4 Å². The molecule has 0 atom stereocenters. The third kappa shape index (κ3) is 2.12. The maximum Gasteiger partial charge on any atom is 0.0979 e. The van der Waals surface area contributed by atoms with Crippen molar-refractivity contribution in [1.29, 1.82) is 0 Å². The predicted octanol–water partition coefficient (Wildman–Crippen LogP) is 6.22. The van der Waals surface area contributed by atoms with Crippen LogP contribution in [0.15, 0.2) is 72.8 Å². The van der Waals surface area contributed by atoms with Crippen molar-refractivity contribution >= 4 is 32.6 Å². The number of hydrogen-bond donors (Lipinski definition) is 0. The summed E-state index contributed by atoms with van der Waals surface area (Å²) in [5, 5.41) is 4.84. The van der Waals surface area contributed by atoms with E-state index >= 15 is 0 Å². The van der Waals surface area contributed by atoms with Gasteiger partial charge in [-0.3, -0.25) is 0 Å². The average molecular weight is 334 g/mol. The maximum atomic E-state index is 5.10. The van der Waals surface area contributed by atoms with Crippen molar-refractivity contribution in [3.63, 3.8) is 0 Å². The van der Waals surface area contributed by atoms with Gasteiger partial charge < -0.3 is 0 Å². The van der Waals surface area contributed by atoms with E-state index in [1.807, 2.05) is 25.1 Å². The number of hydrogen-bond acceptors (Lipinski definition) is 2. The lowest BCUT2D eigenvalue weighted by Crippen LogP contribution is -1.97. The first-order valence-electron chi connectivity index (χ1n) is 8.88. The number of rotatable bonds is 1. The van der Waals surface area contributed by atoms with Gasteiger partial charge in [-0.1, -0.05) is 72.8 Å². The van der Waals surface area contributed by atoms with Gasteiger partial charge in [-0.25, -0.2) is 9.97 Å². The van der Waals surface area contributed by atoms with Crippen LogP contribution in [0.25, 0.3) is 43.8 Å². The number of benzene rings is 4. The largest absolute Gasteiger partial charge is 0.249 e. The zero-order chi connectivity index (χ0) is 17.7. The monoisotopic (exact) mass is 334 g/mol.